The van der Waals surface area contributed by atoms with E-state index in [0.29, 0.717) is 46.2 Å². The molecule has 1 saturated heterocycles. The molecule has 0 unspecified atom stereocenters. The minimum Gasteiger partial charge on any atom is -0.353 e. The van der Waals surface area contributed by atoms with Crippen LogP contribution in [0.5, 0.6) is 0 Å². The van der Waals surface area contributed by atoms with E-state index in [2.05, 4.69) is 20.0 Å². The minimum atomic E-state index is -0.0833. The fourth-order valence-electron chi connectivity index (χ4n) is 3.46. The van der Waals surface area contributed by atoms with E-state index >= 15 is 0 Å². The molecular formula is C19H20Cl2N6OS. The van der Waals surface area contributed by atoms with Gasteiger partial charge in [0, 0.05) is 37.9 Å². The van der Waals surface area contributed by atoms with Gasteiger partial charge in [-0.1, -0.05) is 23.2 Å². The summed E-state index contributed by atoms with van der Waals surface area (Å²) in [7, 11) is 0. The number of carbonyl (C=O) groups is 1. The summed E-state index contributed by atoms with van der Waals surface area (Å²) in [6.07, 6.45) is 0. The van der Waals surface area contributed by atoms with E-state index in [9.17, 15) is 4.79 Å². The van der Waals surface area contributed by atoms with Crippen molar-refractivity contribution in [2.45, 2.75) is 20.8 Å². The maximum atomic E-state index is 12.7. The van der Waals surface area contributed by atoms with Gasteiger partial charge in [0.1, 0.15) is 16.0 Å². The van der Waals surface area contributed by atoms with Crippen LogP contribution in [0.15, 0.2) is 18.2 Å². The zero-order chi connectivity index (χ0) is 20.7. The first kappa shape index (κ1) is 20.1. The van der Waals surface area contributed by atoms with Gasteiger partial charge in [-0.15, -0.1) is 11.3 Å². The predicted molar refractivity (Wildman–Crippen MR) is 116 cm³/mol. The van der Waals surface area contributed by atoms with Gasteiger partial charge >= 0.3 is 0 Å². The maximum absolute atomic E-state index is 12.7. The number of aromatic nitrogens is 4. The lowest BCUT2D eigenvalue weighted by Crippen LogP contribution is -2.49. The molecule has 0 aromatic carbocycles. The number of rotatable bonds is 3. The third-order valence-electron chi connectivity index (χ3n) is 4.82. The second kappa shape index (κ2) is 7.93. The summed E-state index contributed by atoms with van der Waals surface area (Å²) >= 11 is 13.3. The van der Waals surface area contributed by atoms with Crippen molar-refractivity contribution >= 4 is 46.3 Å². The summed E-state index contributed by atoms with van der Waals surface area (Å²) in [5.41, 5.74) is 2.44. The number of aryl methyl sites for hydroxylation is 3. The molecule has 0 spiro atoms. The van der Waals surface area contributed by atoms with Crippen molar-refractivity contribution in [3.05, 3.63) is 49.6 Å². The number of amides is 1. The lowest BCUT2D eigenvalue weighted by Gasteiger charge is -2.35. The van der Waals surface area contributed by atoms with Crippen LogP contribution in [0.1, 0.15) is 27.6 Å². The average molecular weight is 451 g/mol. The molecule has 7 nitrogen and oxygen atoms in total. The Kier molecular flexibility index (Phi) is 5.50. The Bertz CT molecular complexity index is 1070. The fourth-order valence-corrected chi connectivity index (χ4v) is 4.91. The van der Waals surface area contributed by atoms with E-state index in [1.807, 2.05) is 37.6 Å². The number of hydrogen-bond acceptors (Lipinski definition) is 6. The van der Waals surface area contributed by atoms with Crippen LogP contribution < -0.4 is 4.90 Å². The molecule has 29 heavy (non-hydrogen) atoms. The molecule has 0 aliphatic carbocycles. The molecule has 0 radical (unpaired) electrons. The highest BCUT2D eigenvalue weighted by Gasteiger charge is 2.26. The molecule has 4 heterocycles. The molecule has 3 aromatic heterocycles. The Morgan fingerprint density at radius 3 is 2.28 bits per heavy atom. The van der Waals surface area contributed by atoms with Crippen LogP contribution in [0.25, 0.3) is 5.82 Å². The topological polar surface area (TPSA) is 67.2 Å². The van der Waals surface area contributed by atoms with Gasteiger partial charge in [-0.05, 0) is 32.9 Å². The van der Waals surface area contributed by atoms with Crippen molar-refractivity contribution in [3.63, 3.8) is 0 Å². The summed E-state index contributed by atoms with van der Waals surface area (Å²) < 4.78 is 2.78. The quantitative estimate of drug-likeness (QED) is 0.604. The smallest absolute Gasteiger partial charge is 0.256 e. The highest BCUT2D eigenvalue weighted by Crippen LogP contribution is 2.32. The summed E-state index contributed by atoms with van der Waals surface area (Å²) in [4.78, 5) is 25.8. The maximum Gasteiger partial charge on any atom is 0.256 e. The normalized spacial score (nSPS) is 14.5. The monoisotopic (exact) mass is 450 g/mol. The molecular weight excluding hydrogens is 431 g/mol. The summed E-state index contributed by atoms with van der Waals surface area (Å²) in [6.45, 7) is 8.36. The van der Waals surface area contributed by atoms with E-state index in [-0.39, 0.29) is 5.91 Å². The first-order valence-electron chi connectivity index (χ1n) is 9.20. The van der Waals surface area contributed by atoms with Gasteiger partial charge in [0.2, 0.25) is 0 Å². The summed E-state index contributed by atoms with van der Waals surface area (Å²) in [5.74, 6) is 2.18. The second-order valence-corrected chi connectivity index (χ2v) is 9.27. The van der Waals surface area contributed by atoms with Gasteiger partial charge in [0.05, 0.1) is 15.6 Å². The van der Waals surface area contributed by atoms with E-state index in [0.717, 1.165) is 23.0 Å². The largest absolute Gasteiger partial charge is 0.353 e. The second-order valence-electron chi connectivity index (χ2n) is 6.99. The van der Waals surface area contributed by atoms with Gasteiger partial charge in [-0.25, -0.2) is 14.6 Å². The first-order valence-corrected chi connectivity index (χ1v) is 10.8. The van der Waals surface area contributed by atoms with E-state index in [4.69, 9.17) is 23.2 Å². The standard InChI is InChI=1S/C19H20Cl2N6OS/c1-11-8-12(2)27(24-11)17-10-16(22-13(3)23-17)25-4-6-26(7-5-25)19(28)14-9-15(20)29-18(14)21/h8-10H,4-7H2,1-3H3. The number of anilines is 1. The Hall–Kier alpha value is -2.16. The van der Waals surface area contributed by atoms with E-state index in [1.54, 1.807) is 11.0 Å². The molecule has 0 saturated carbocycles. The first-order chi connectivity index (χ1) is 13.8. The van der Waals surface area contributed by atoms with Crippen LogP contribution >= 0.6 is 34.5 Å². The minimum absolute atomic E-state index is 0.0833. The third kappa shape index (κ3) is 4.10. The molecule has 0 atom stereocenters. The Labute approximate surface area is 182 Å². The molecule has 0 bridgehead atoms. The van der Waals surface area contributed by atoms with Gasteiger partial charge in [0.15, 0.2) is 5.82 Å². The Morgan fingerprint density at radius 1 is 1.00 bits per heavy atom. The number of halogens is 2. The van der Waals surface area contributed by atoms with Crippen LogP contribution in [-0.4, -0.2) is 56.7 Å². The van der Waals surface area contributed by atoms with Crippen molar-refractivity contribution < 1.29 is 4.79 Å². The predicted octanol–water partition coefficient (Wildman–Crippen LogP) is 3.92. The number of nitrogens with zero attached hydrogens (tertiary/aromatic N) is 6. The molecule has 1 aliphatic heterocycles. The molecule has 4 rings (SSSR count). The van der Waals surface area contributed by atoms with Gasteiger partial charge in [0.25, 0.3) is 5.91 Å². The van der Waals surface area contributed by atoms with E-state index < -0.39 is 0 Å². The molecule has 0 N–H and O–H groups in total. The van der Waals surface area contributed by atoms with Gasteiger partial charge < -0.3 is 9.80 Å². The molecule has 1 fully saturated rings. The summed E-state index contributed by atoms with van der Waals surface area (Å²) in [6, 6.07) is 5.60. The number of carbonyl (C=O) groups excluding carboxylic acids is 1. The van der Waals surface area contributed by atoms with Crippen LogP contribution in [0, 0.1) is 20.8 Å². The molecule has 10 heteroatoms. The fraction of sp³-hybridized carbons (Fsp3) is 0.368. The van der Waals surface area contributed by atoms with E-state index in [1.165, 1.54) is 11.3 Å². The molecule has 3 aromatic rings. The Morgan fingerprint density at radius 2 is 1.69 bits per heavy atom. The zero-order valence-corrected chi connectivity index (χ0v) is 18.6. The van der Waals surface area contributed by atoms with Crippen molar-refractivity contribution in [2.75, 3.05) is 31.1 Å². The highest BCUT2D eigenvalue weighted by atomic mass is 35.5. The lowest BCUT2D eigenvalue weighted by molar-refractivity contribution is 0.0747. The number of hydrogen-bond donors (Lipinski definition) is 0. The van der Waals surface area contributed by atoms with Gasteiger partial charge in [-0.2, -0.15) is 5.10 Å². The zero-order valence-electron chi connectivity index (χ0n) is 16.3. The average Bonchev–Trinajstić information content (AvgIpc) is 3.20. The van der Waals surface area contributed by atoms with Crippen LogP contribution in [-0.2, 0) is 0 Å². The number of thiophene rings is 1. The van der Waals surface area contributed by atoms with Crippen molar-refractivity contribution in [3.8, 4) is 5.82 Å². The van der Waals surface area contributed by atoms with Crippen LogP contribution in [0.3, 0.4) is 0 Å². The summed E-state index contributed by atoms with van der Waals surface area (Å²) in [5, 5.41) is 4.52. The van der Waals surface area contributed by atoms with Crippen molar-refractivity contribution in [1.82, 2.24) is 24.6 Å². The van der Waals surface area contributed by atoms with Crippen LogP contribution in [0.2, 0.25) is 8.67 Å². The van der Waals surface area contributed by atoms with Crippen molar-refractivity contribution in [2.24, 2.45) is 0 Å². The van der Waals surface area contributed by atoms with Crippen LogP contribution in [0.4, 0.5) is 5.82 Å². The third-order valence-corrected chi connectivity index (χ3v) is 6.30. The lowest BCUT2D eigenvalue weighted by atomic mass is 10.2. The molecule has 1 amide bonds. The molecule has 1 aliphatic rings. The highest BCUT2D eigenvalue weighted by molar-refractivity contribution is 7.20. The Balaban J connectivity index is 1.51. The SMILES string of the molecule is Cc1cc(C)n(-c2cc(N3CCN(C(=O)c4cc(Cl)sc4Cl)CC3)nc(C)n2)n1. The molecule has 152 valence electrons. The van der Waals surface area contributed by atoms with Crippen molar-refractivity contribution in [1.29, 1.82) is 0 Å². The number of piperazine rings is 1. The van der Waals surface area contributed by atoms with Gasteiger partial charge in [-0.3, -0.25) is 4.79 Å².